The van der Waals surface area contributed by atoms with Crippen molar-refractivity contribution in [3.63, 3.8) is 0 Å². The van der Waals surface area contributed by atoms with Crippen LogP contribution in [-0.4, -0.2) is 23.2 Å². The summed E-state index contributed by atoms with van der Waals surface area (Å²) in [5.74, 6) is 0.164. The van der Waals surface area contributed by atoms with E-state index >= 15 is 0 Å². The third-order valence-corrected chi connectivity index (χ3v) is 2.73. The van der Waals surface area contributed by atoms with Crippen molar-refractivity contribution in [1.29, 1.82) is 0 Å². The second-order valence-electron chi connectivity index (χ2n) is 4.19. The van der Waals surface area contributed by atoms with Crippen LogP contribution in [-0.2, 0) is 11.4 Å². The van der Waals surface area contributed by atoms with Crippen molar-refractivity contribution >= 4 is 12.0 Å². The van der Waals surface area contributed by atoms with Gasteiger partial charge in [-0.3, -0.25) is 4.98 Å². The fourth-order valence-electron chi connectivity index (χ4n) is 1.70. The molecule has 2 rings (SSSR count). The molecule has 1 aromatic heterocycles. The van der Waals surface area contributed by atoms with Crippen molar-refractivity contribution in [3.8, 4) is 11.5 Å². The average molecular weight is 285 g/mol. The minimum atomic E-state index is -1.01. The number of aliphatic carboxylic acids is 1. The summed E-state index contributed by atoms with van der Waals surface area (Å²) in [6.45, 7) is 0.294. The van der Waals surface area contributed by atoms with Crippen LogP contribution in [0.2, 0.25) is 0 Å². The molecule has 0 aliphatic heterocycles. The summed E-state index contributed by atoms with van der Waals surface area (Å²) in [4.78, 5) is 14.8. The maximum absolute atomic E-state index is 10.6. The standard InChI is InChI=1S/C16H15NO4/c1-20-14-7-5-12(6-8-16(18)19)15(10-14)21-11-13-4-2-3-9-17-13/h2-10H,11H2,1H3,(H,18,19). The Bertz CT molecular complexity index is 638. The highest BCUT2D eigenvalue weighted by Gasteiger charge is 2.05. The van der Waals surface area contributed by atoms with Gasteiger partial charge in [-0.1, -0.05) is 6.07 Å². The molecule has 0 radical (unpaired) electrons. The molecule has 0 bridgehead atoms. The van der Waals surface area contributed by atoms with Crippen molar-refractivity contribution in [1.82, 2.24) is 4.98 Å². The SMILES string of the molecule is COc1ccc(C=CC(=O)O)c(OCc2ccccn2)c1. The lowest BCUT2D eigenvalue weighted by Crippen LogP contribution is -1.99. The number of carbonyl (C=O) groups is 1. The van der Waals surface area contributed by atoms with Gasteiger partial charge in [-0.2, -0.15) is 0 Å². The second-order valence-corrected chi connectivity index (χ2v) is 4.19. The third kappa shape index (κ3) is 4.35. The van der Waals surface area contributed by atoms with Crippen molar-refractivity contribution in [2.75, 3.05) is 7.11 Å². The molecule has 21 heavy (non-hydrogen) atoms. The minimum Gasteiger partial charge on any atom is -0.497 e. The highest BCUT2D eigenvalue weighted by molar-refractivity contribution is 5.86. The number of nitrogens with zero attached hydrogens (tertiary/aromatic N) is 1. The zero-order valence-corrected chi connectivity index (χ0v) is 11.5. The number of hydrogen-bond acceptors (Lipinski definition) is 4. The van der Waals surface area contributed by atoms with Crippen LogP contribution in [0.5, 0.6) is 11.5 Å². The van der Waals surface area contributed by atoms with Crippen LogP contribution >= 0.6 is 0 Å². The number of pyridine rings is 1. The molecule has 0 aliphatic rings. The van der Waals surface area contributed by atoms with Crippen molar-refractivity contribution in [3.05, 3.63) is 59.9 Å². The van der Waals surface area contributed by atoms with Gasteiger partial charge >= 0.3 is 5.97 Å². The Kier molecular flexibility index (Phi) is 4.93. The van der Waals surface area contributed by atoms with E-state index in [4.69, 9.17) is 14.6 Å². The Labute approximate surface area is 122 Å². The molecule has 0 amide bonds. The van der Waals surface area contributed by atoms with Gasteiger partial charge in [-0.05, 0) is 30.3 Å². The fourth-order valence-corrected chi connectivity index (χ4v) is 1.70. The molecule has 5 nitrogen and oxygen atoms in total. The lowest BCUT2D eigenvalue weighted by Gasteiger charge is -2.10. The lowest BCUT2D eigenvalue weighted by molar-refractivity contribution is -0.131. The molecular weight excluding hydrogens is 270 g/mol. The first-order chi connectivity index (χ1) is 10.2. The number of benzene rings is 1. The zero-order chi connectivity index (χ0) is 15.1. The summed E-state index contributed by atoms with van der Waals surface area (Å²) in [7, 11) is 1.56. The maximum atomic E-state index is 10.6. The van der Waals surface area contributed by atoms with E-state index in [0.29, 0.717) is 23.7 Å². The van der Waals surface area contributed by atoms with E-state index in [1.165, 1.54) is 6.08 Å². The molecule has 0 unspecified atom stereocenters. The Morgan fingerprint density at radius 3 is 2.86 bits per heavy atom. The number of aromatic nitrogens is 1. The molecule has 1 aromatic carbocycles. The molecule has 0 atom stereocenters. The zero-order valence-electron chi connectivity index (χ0n) is 11.5. The van der Waals surface area contributed by atoms with Crippen LogP contribution in [0.25, 0.3) is 6.08 Å². The molecule has 1 heterocycles. The summed E-state index contributed by atoms with van der Waals surface area (Å²) < 4.78 is 10.9. The quantitative estimate of drug-likeness (QED) is 0.826. The van der Waals surface area contributed by atoms with Gasteiger partial charge in [0.25, 0.3) is 0 Å². The van der Waals surface area contributed by atoms with Crippen LogP contribution < -0.4 is 9.47 Å². The van der Waals surface area contributed by atoms with E-state index in [1.54, 1.807) is 31.5 Å². The van der Waals surface area contributed by atoms with E-state index in [0.717, 1.165) is 11.8 Å². The largest absolute Gasteiger partial charge is 0.497 e. The third-order valence-electron chi connectivity index (χ3n) is 2.73. The van der Waals surface area contributed by atoms with E-state index in [1.807, 2.05) is 18.2 Å². The fraction of sp³-hybridized carbons (Fsp3) is 0.125. The van der Waals surface area contributed by atoms with Gasteiger partial charge in [-0.25, -0.2) is 4.79 Å². The van der Waals surface area contributed by atoms with Crippen LogP contribution in [0.15, 0.2) is 48.7 Å². The Balaban J connectivity index is 2.20. The van der Waals surface area contributed by atoms with Gasteiger partial charge < -0.3 is 14.6 Å². The Hall–Kier alpha value is -2.82. The summed E-state index contributed by atoms with van der Waals surface area (Å²) in [5, 5.41) is 8.71. The van der Waals surface area contributed by atoms with E-state index in [9.17, 15) is 4.79 Å². The van der Waals surface area contributed by atoms with Crippen LogP contribution in [0.1, 0.15) is 11.3 Å². The summed E-state index contributed by atoms with van der Waals surface area (Å²) in [6, 6.07) is 10.8. The second kappa shape index (κ2) is 7.09. The number of hydrogen-bond donors (Lipinski definition) is 1. The Morgan fingerprint density at radius 2 is 2.19 bits per heavy atom. The molecule has 0 fully saturated rings. The van der Waals surface area contributed by atoms with Gasteiger partial charge in [0.05, 0.1) is 12.8 Å². The lowest BCUT2D eigenvalue weighted by atomic mass is 10.1. The van der Waals surface area contributed by atoms with Crippen molar-refractivity contribution in [2.45, 2.75) is 6.61 Å². The number of methoxy groups -OCH3 is 1. The van der Waals surface area contributed by atoms with Gasteiger partial charge in [0, 0.05) is 23.9 Å². The highest BCUT2D eigenvalue weighted by atomic mass is 16.5. The van der Waals surface area contributed by atoms with Crippen LogP contribution in [0, 0.1) is 0 Å². The highest BCUT2D eigenvalue weighted by Crippen LogP contribution is 2.26. The van der Waals surface area contributed by atoms with Gasteiger partial charge in [0.1, 0.15) is 18.1 Å². The average Bonchev–Trinajstić information content (AvgIpc) is 2.52. The predicted octanol–water partition coefficient (Wildman–Crippen LogP) is 2.77. The molecule has 108 valence electrons. The van der Waals surface area contributed by atoms with E-state index < -0.39 is 5.97 Å². The molecule has 0 saturated carbocycles. The molecule has 0 spiro atoms. The smallest absolute Gasteiger partial charge is 0.328 e. The summed E-state index contributed by atoms with van der Waals surface area (Å²) in [5.41, 5.74) is 1.45. The monoisotopic (exact) mass is 285 g/mol. The van der Waals surface area contributed by atoms with Crippen molar-refractivity contribution < 1.29 is 19.4 Å². The van der Waals surface area contributed by atoms with E-state index in [-0.39, 0.29) is 0 Å². The molecule has 2 aromatic rings. The number of carboxylic acids is 1. The first kappa shape index (κ1) is 14.6. The topological polar surface area (TPSA) is 68.7 Å². The number of ether oxygens (including phenoxy) is 2. The molecule has 1 N–H and O–H groups in total. The van der Waals surface area contributed by atoms with Crippen LogP contribution in [0.4, 0.5) is 0 Å². The van der Waals surface area contributed by atoms with Gasteiger partial charge in [0.15, 0.2) is 0 Å². The molecule has 5 heteroatoms. The van der Waals surface area contributed by atoms with Gasteiger partial charge in [0.2, 0.25) is 0 Å². The molecule has 0 saturated heterocycles. The minimum absolute atomic E-state index is 0.294. The number of rotatable bonds is 6. The van der Waals surface area contributed by atoms with E-state index in [2.05, 4.69) is 4.98 Å². The summed E-state index contributed by atoms with van der Waals surface area (Å²) >= 11 is 0. The van der Waals surface area contributed by atoms with Gasteiger partial charge in [-0.15, -0.1) is 0 Å². The maximum Gasteiger partial charge on any atom is 0.328 e. The van der Waals surface area contributed by atoms with Crippen LogP contribution in [0.3, 0.4) is 0 Å². The number of carboxylic acid groups (broad SMARTS) is 1. The summed E-state index contributed by atoms with van der Waals surface area (Å²) in [6.07, 6.45) is 4.24. The van der Waals surface area contributed by atoms with Crippen molar-refractivity contribution in [2.24, 2.45) is 0 Å². The molecular formula is C16H15NO4. The first-order valence-electron chi connectivity index (χ1n) is 6.31. The predicted molar refractivity (Wildman–Crippen MR) is 78.2 cm³/mol. The normalized spacial score (nSPS) is 10.5. The first-order valence-corrected chi connectivity index (χ1v) is 6.31. The molecule has 0 aliphatic carbocycles. The Morgan fingerprint density at radius 1 is 1.33 bits per heavy atom.